The van der Waals surface area contributed by atoms with Crippen molar-refractivity contribution in [3.05, 3.63) is 101 Å². The molecule has 6 rings (SSSR count). The summed E-state index contributed by atoms with van der Waals surface area (Å²) in [7, 11) is -9.40. The van der Waals surface area contributed by atoms with Gasteiger partial charge in [-0.05, 0) is 89.2 Å². The van der Waals surface area contributed by atoms with E-state index in [1.54, 1.807) is 12.1 Å². The van der Waals surface area contributed by atoms with Gasteiger partial charge in [-0.1, -0.05) is 76.6 Å². The molecule has 4 N–H and O–H groups in total. The van der Waals surface area contributed by atoms with Crippen LogP contribution in [0.25, 0.3) is 21.5 Å². The summed E-state index contributed by atoms with van der Waals surface area (Å²) in [5, 5.41) is 1.53. The van der Waals surface area contributed by atoms with Gasteiger partial charge in [0.25, 0.3) is 20.2 Å². The first-order valence-electron chi connectivity index (χ1n) is 16.9. The molecule has 4 aromatic carbocycles. The molecule has 0 saturated heterocycles. The minimum absolute atomic E-state index is 0.122. The van der Waals surface area contributed by atoms with Crippen LogP contribution in [0.4, 0.5) is 5.69 Å². The molecule has 15 heteroatoms. The molecule has 53 heavy (non-hydrogen) atoms. The molecular formula is C38H41NO10S4. The molecule has 1 heterocycles. The number of anilines is 1. The van der Waals surface area contributed by atoms with Crippen LogP contribution in [-0.4, -0.2) is 56.1 Å². The first-order chi connectivity index (χ1) is 24.6. The number of hydrogen-bond acceptors (Lipinski definition) is 7. The Morgan fingerprint density at radius 2 is 1.34 bits per heavy atom. The monoisotopic (exact) mass is 799 g/mol. The van der Waals surface area contributed by atoms with Gasteiger partial charge in [-0.2, -0.15) is 16.8 Å². The quantitative estimate of drug-likeness (QED) is 0.0758. The number of likely N-dealkylation sites (N-methyl/N-ethyl adjacent to an activating group) is 1. The lowest BCUT2D eigenvalue weighted by Crippen LogP contribution is -2.39. The summed E-state index contributed by atoms with van der Waals surface area (Å²) in [4.78, 5) is 1.09. The fourth-order valence-corrected chi connectivity index (χ4v) is 10.8. The Bertz CT molecular complexity index is 2590. The summed E-state index contributed by atoms with van der Waals surface area (Å²) in [6, 6.07) is 10.1. The van der Waals surface area contributed by atoms with Crippen LogP contribution in [0.3, 0.4) is 0 Å². The Kier molecular flexibility index (Phi) is 10.1. The van der Waals surface area contributed by atoms with E-state index < -0.39 is 63.0 Å². The van der Waals surface area contributed by atoms with Crippen LogP contribution in [0.15, 0.2) is 98.0 Å². The summed E-state index contributed by atoms with van der Waals surface area (Å²) in [5.74, 6) is 0. The number of aryl methyl sites for hydroxylation is 1. The minimum Gasteiger partial charge on any atom is -0.364 e. The van der Waals surface area contributed by atoms with Gasteiger partial charge < -0.3 is 14.0 Å². The third kappa shape index (κ3) is 6.65. The molecule has 1 aliphatic heterocycles. The standard InChI is InChI=1S/C38H41NO10S4/c1-7-22-16-28-30(19-25(51(42)43)21-33(28)53(47,48)49)35-27(22)17-23(37(35,3)4)12-10-9-11-13-34-38(5,6)36-29-18-24(50(40)41)20-32(52(44,45)46)26(29)14-15-31(36)39(34)8-2/h9-16,18-21,34H,7-8,17H2,1-6H3,(H,40,41)(H,42,43)(H,44,45,46)(H,47,48,49)/b10-9+,13-11+,23-12-. The van der Waals surface area contributed by atoms with Gasteiger partial charge in [0.15, 0.2) is 22.2 Å². The van der Waals surface area contributed by atoms with Crippen LogP contribution in [0.1, 0.15) is 63.8 Å². The Labute approximate surface area is 314 Å². The molecular weight excluding hydrogens is 759 g/mol. The third-order valence-electron chi connectivity index (χ3n) is 10.8. The molecule has 0 aromatic heterocycles. The molecule has 0 radical (unpaired) electrons. The van der Waals surface area contributed by atoms with Crippen molar-refractivity contribution in [2.75, 3.05) is 11.4 Å². The number of fused-ring (bicyclic) bond motifs is 6. The number of benzene rings is 4. The number of rotatable bonds is 9. The second-order valence-electron chi connectivity index (χ2n) is 14.4. The summed E-state index contributed by atoms with van der Waals surface area (Å²) in [5.41, 5.74) is 4.30. The van der Waals surface area contributed by atoms with Gasteiger partial charge >= 0.3 is 0 Å². The Balaban J connectivity index is 1.38. The second kappa shape index (κ2) is 13.6. The fraction of sp³-hybridized carbons (Fsp3) is 0.316. The highest BCUT2D eigenvalue weighted by atomic mass is 32.2. The van der Waals surface area contributed by atoms with Gasteiger partial charge in [0.05, 0.1) is 15.8 Å². The van der Waals surface area contributed by atoms with Crippen molar-refractivity contribution in [2.24, 2.45) is 0 Å². The third-order valence-corrected chi connectivity index (χ3v) is 13.8. The largest absolute Gasteiger partial charge is 0.364 e. The van der Waals surface area contributed by atoms with Crippen LogP contribution < -0.4 is 4.90 Å². The van der Waals surface area contributed by atoms with E-state index in [2.05, 4.69) is 4.90 Å². The van der Waals surface area contributed by atoms with E-state index in [0.717, 1.165) is 45.6 Å². The van der Waals surface area contributed by atoms with Crippen molar-refractivity contribution in [3.63, 3.8) is 0 Å². The van der Waals surface area contributed by atoms with Crippen LogP contribution in [0, 0.1) is 0 Å². The lowest BCUT2D eigenvalue weighted by Gasteiger charge is -2.31. The first kappa shape index (κ1) is 39.2. The topological polar surface area (TPSA) is 187 Å². The molecule has 4 aromatic rings. The molecule has 2 aliphatic rings. The van der Waals surface area contributed by atoms with Crippen LogP contribution in [0.2, 0.25) is 0 Å². The van der Waals surface area contributed by atoms with Gasteiger partial charge in [-0.25, -0.2) is 8.42 Å². The zero-order chi connectivity index (χ0) is 39.0. The summed E-state index contributed by atoms with van der Waals surface area (Å²) >= 11 is -4.97. The Morgan fingerprint density at radius 1 is 0.774 bits per heavy atom. The lowest BCUT2D eigenvalue weighted by atomic mass is 9.78. The zero-order valence-corrected chi connectivity index (χ0v) is 33.2. The average Bonchev–Trinajstić information content (AvgIpc) is 3.47. The van der Waals surface area contributed by atoms with E-state index in [4.69, 9.17) is 0 Å². The van der Waals surface area contributed by atoms with Gasteiger partial charge in [-0.3, -0.25) is 9.11 Å². The first-order valence-corrected chi connectivity index (χ1v) is 22.0. The van der Waals surface area contributed by atoms with E-state index in [9.17, 15) is 43.5 Å². The summed E-state index contributed by atoms with van der Waals surface area (Å²) in [6.07, 6.45) is 11.0. The molecule has 0 fully saturated rings. The van der Waals surface area contributed by atoms with Crippen molar-refractivity contribution in [1.82, 2.24) is 0 Å². The predicted molar refractivity (Wildman–Crippen MR) is 208 cm³/mol. The van der Waals surface area contributed by atoms with Gasteiger partial charge in [0.1, 0.15) is 9.79 Å². The van der Waals surface area contributed by atoms with Gasteiger partial charge in [-0.15, -0.1) is 0 Å². The highest BCUT2D eigenvalue weighted by Gasteiger charge is 2.44. The molecule has 282 valence electrons. The molecule has 0 amide bonds. The maximum atomic E-state index is 12.4. The van der Waals surface area contributed by atoms with Crippen LogP contribution in [0.5, 0.6) is 0 Å². The maximum absolute atomic E-state index is 12.4. The van der Waals surface area contributed by atoms with E-state index in [-0.39, 0.29) is 21.2 Å². The lowest BCUT2D eigenvalue weighted by molar-refractivity contribution is 0.480. The minimum atomic E-state index is -4.70. The van der Waals surface area contributed by atoms with Gasteiger partial charge in [0, 0.05) is 33.8 Å². The predicted octanol–water partition coefficient (Wildman–Crippen LogP) is 7.27. The zero-order valence-electron chi connectivity index (χ0n) is 29.9. The van der Waals surface area contributed by atoms with E-state index in [1.165, 1.54) is 12.1 Å². The van der Waals surface area contributed by atoms with E-state index in [1.807, 2.05) is 78.0 Å². The number of allylic oxidation sites excluding steroid dienone is 5. The Morgan fingerprint density at radius 3 is 1.87 bits per heavy atom. The van der Waals surface area contributed by atoms with Crippen LogP contribution in [-0.2, 0) is 66.1 Å². The number of hydrogen-bond donors (Lipinski definition) is 4. The van der Waals surface area contributed by atoms with Gasteiger partial charge in [0.2, 0.25) is 0 Å². The molecule has 1 aliphatic carbocycles. The van der Waals surface area contributed by atoms with Crippen molar-refractivity contribution in [3.8, 4) is 0 Å². The molecule has 0 spiro atoms. The van der Waals surface area contributed by atoms with Crippen LogP contribution >= 0.6 is 0 Å². The maximum Gasteiger partial charge on any atom is 0.295 e. The summed E-state index contributed by atoms with van der Waals surface area (Å²) in [6.45, 7) is 12.7. The average molecular weight is 800 g/mol. The molecule has 3 unspecified atom stereocenters. The SMILES string of the molecule is CCc1cc2c(S(=O)(=O)O)cc(S(=O)O)cc2c2c1C/C(=C/C=C/C=C/C1N(CC)c3ccc4c(S(=O)(=O)O)cc(S(=O)O)cc4c3C1(C)C)C2(C)C. The summed E-state index contributed by atoms with van der Waals surface area (Å²) < 4.78 is 114. The molecule has 11 nitrogen and oxygen atoms in total. The van der Waals surface area contributed by atoms with Crippen molar-refractivity contribution >= 4 is 69.6 Å². The Hall–Kier alpha value is -3.54. The highest BCUT2D eigenvalue weighted by molar-refractivity contribution is 7.86. The van der Waals surface area contributed by atoms with E-state index >= 15 is 0 Å². The highest BCUT2D eigenvalue weighted by Crippen LogP contribution is 2.51. The van der Waals surface area contributed by atoms with Crippen molar-refractivity contribution in [1.29, 1.82) is 0 Å². The van der Waals surface area contributed by atoms with E-state index in [0.29, 0.717) is 35.5 Å². The fourth-order valence-electron chi connectivity index (χ4n) is 8.32. The smallest absolute Gasteiger partial charge is 0.295 e. The molecule has 0 saturated carbocycles. The second-order valence-corrected chi connectivity index (χ2v) is 19.1. The normalized spacial score (nSPS) is 20.2. The molecule has 3 atom stereocenters. The molecule has 0 bridgehead atoms. The van der Waals surface area contributed by atoms with Crippen molar-refractivity contribution in [2.45, 2.75) is 90.8 Å². The van der Waals surface area contributed by atoms with Crippen molar-refractivity contribution < 1.29 is 43.5 Å². The number of nitrogens with zero attached hydrogens (tertiary/aromatic N) is 1.